The van der Waals surface area contributed by atoms with Crippen LogP contribution < -0.4 is 5.32 Å². The van der Waals surface area contributed by atoms with Crippen LogP contribution >= 0.6 is 0 Å². The van der Waals surface area contributed by atoms with Crippen LogP contribution in [0.5, 0.6) is 0 Å². The Kier molecular flexibility index (Phi) is 3.74. The van der Waals surface area contributed by atoms with Gasteiger partial charge in [0.15, 0.2) is 0 Å². The van der Waals surface area contributed by atoms with Gasteiger partial charge in [-0.05, 0) is 24.2 Å². The van der Waals surface area contributed by atoms with Crippen LogP contribution in [-0.4, -0.2) is 26.3 Å². The summed E-state index contributed by atoms with van der Waals surface area (Å²) in [6.45, 7) is 8.84. The van der Waals surface area contributed by atoms with E-state index in [-0.39, 0.29) is 0 Å². The standard InChI is InChI=1S/C11H23NO/c1-11(2,3)9-7-10(8-9)12-5-6-13-4/h9-10,12H,5-8H2,1-4H3. The van der Waals surface area contributed by atoms with Crippen LogP contribution in [0.3, 0.4) is 0 Å². The molecule has 0 heterocycles. The molecule has 1 rings (SSSR count). The van der Waals surface area contributed by atoms with Crippen LogP contribution in [0, 0.1) is 11.3 Å². The van der Waals surface area contributed by atoms with Gasteiger partial charge in [0.25, 0.3) is 0 Å². The Bertz CT molecular complexity index is 145. The molecule has 1 saturated carbocycles. The minimum Gasteiger partial charge on any atom is -0.383 e. The smallest absolute Gasteiger partial charge is 0.0587 e. The Labute approximate surface area is 82.0 Å². The fourth-order valence-electron chi connectivity index (χ4n) is 1.86. The van der Waals surface area contributed by atoms with Crippen molar-refractivity contribution < 1.29 is 4.74 Å². The molecule has 1 N–H and O–H groups in total. The molecule has 2 heteroatoms. The van der Waals surface area contributed by atoms with Gasteiger partial charge in [-0.3, -0.25) is 0 Å². The quantitative estimate of drug-likeness (QED) is 0.677. The molecule has 0 aromatic carbocycles. The zero-order valence-electron chi connectivity index (χ0n) is 9.39. The van der Waals surface area contributed by atoms with E-state index in [0.29, 0.717) is 5.41 Å². The molecular formula is C11H23NO. The van der Waals surface area contributed by atoms with E-state index in [4.69, 9.17) is 4.74 Å². The molecule has 0 atom stereocenters. The number of methoxy groups -OCH3 is 1. The molecule has 0 saturated heterocycles. The topological polar surface area (TPSA) is 21.3 Å². The average molecular weight is 185 g/mol. The maximum absolute atomic E-state index is 4.99. The molecular weight excluding hydrogens is 162 g/mol. The Balaban J connectivity index is 2.05. The lowest BCUT2D eigenvalue weighted by molar-refractivity contribution is 0.0924. The van der Waals surface area contributed by atoms with Crippen molar-refractivity contribution in [1.82, 2.24) is 5.32 Å². The van der Waals surface area contributed by atoms with Crippen molar-refractivity contribution in [2.75, 3.05) is 20.3 Å². The molecule has 1 aliphatic carbocycles. The summed E-state index contributed by atoms with van der Waals surface area (Å²) < 4.78 is 4.99. The fourth-order valence-corrected chi connectivity index (χ4v) is 1.86. The van der Waals surface area contributed by atoms with Gasteiger partial charge in [-0.25, -0.2) is 0 Å². The van der Waals surface area contributed by atoms with Crippen molar-refractivity contribution in [3.8, 4) is 0 Å². The fraction of sp³-hybridized carbons (Fsp3) is 1.00. The lowest BCUT2D eigenvalue weighted by Gasteiger charge is -2.44. The minimum absolute atomic E-state index is 0.499. The van der Waals surface area contributed by atoms with E-state index in [2.05, 4.69) is 26.1 Å². The maximum atomic E-state index is 4.99. The molecule has 0 radical (unpaired) electrons. The molecule has 1 aliphatic rings. The highest BCUT2D eigenvalue weighted by Gasteiger charge is 2.36. The van der Waals surface area contributed by atoms with Gasteiger partial charge in [-0.1, -0.05) is 20.8 Å². The summed E-state index contributed by atoms with van der Waals surface area (Å²) in [4.78, 5) is 0. The summed E-state index contributed by atoms with van der Waals surface area (Å²) in [5.74, 6) is 0.910. The van der Waals surface area contributed by atoms with Crippen LogP contribution in [0.1, 0.15) is 33.6 Å². The summed E-state index contributed by atoms with van der Waals surface area (Å²) in [5.41, 5.74) is 0.499. The Morgan fingerprint density at radius 2 is 1.92 bits per heavy atom. The molecule has 0 aromatic rings. The van der Waals surface area contributed by atoms with E-state index in [1.165, 1.54) is 12.8 Å². The predicted molar refractivity (Wildman–Crippen MR) is 55.8 cm³/mol. The first-order chi connectivity index (χ1) is 6.04. The van der Waals surface area contributed by atoms with E-state index in [1.807, 2.05) is 0 Å². The summed E-state index contributed by atoms with van der Waals surface area (Å²) in [5, 5.41) is 3.50. The van der Waals surface area contributed by atoms with Crippen LogP contribution in [-0.2, 0) is 4.74 Å². The number of hydrogen-bond acceptors (Lipinski definition) is 2. The van der Waals surface area contributed by atoms with E-state index in [1.54, 1.807) is 7.11 Å². The average Bonchev–Trinajstić information content (AvgIpc) is 1.91. The van der Waals surface area contributed by atoms with E-state index in [9.17, 15) is 0 Å². The summed E-state index contributed by atoms with van der Waals surface area (Å²) in [6.07, 6.45) is 2.68. The molecule has 0 aromatic heterocycles. The van der Waals surface area contributed by atoms with Crippen molar-refractivity contribution in [2.45, 2.75) is 39.7 Å². The molecule has 0 aliphatic heterocycles. The number of nitrogens with one attached hydrogen (secondary N) is 1. The summed E-state index contributed by atoms with van der Waals surface area (Å²) in [6, 6.07) is 0.749. The van der Waals surface area contributed by atoms with Gasteiger partial charge in [-0.2, -0.15) is 0 Å². The first-order valence-electron chi connectivity index (χ1n) is 5.26. The highest BCUT2D eigenvalue weighted by Crippen LogP contribution is 2.41. The summed E-state index contributed by atoms with van der Waals surface area (Å²) >= 11 is 0. The molecule has 78 valence electrons. The van der Waals surface area contributed by atoms with Crippen LogP contribution in [0.15, 0.2) is 0 Å². The SMILES string of the molecule is COCCNC1CC(C(C)(C)C)C1. The molecule has 0 unspecified atom stereocenters. The van der Waals surface area contributed by atoms with E-state index >= 15 is 0 Å². The highest BCUT2D eigenvalue weighted by molar-refractivity contribution is 4.91. The summed E-state index contributed by atoms with van der Waals surface area (Å²) in [7, 11) is 1.75. The van der Waals surface area contributed by atoms with Gasteiger partial charge in [0.2, 0.25) is 0 Å². The second-order valence-corrected chi connectivity index (χ2v) is 5.18. The second kappa shape index (κ2) is 4.43. The lowest BCUT2D eigenvalue weighted by atomic mass is 9.66. The maximum Gasteiger partial charge on any atom is 0.0587 e. The van der Waals surface area contributed by atoms with Crippen molar-refractivity contribution in [1.29, 1.82) is 0 Å². The molecule has 2 nitrogen and oxygen atoms in total. The van der Waals surface area contributed by atoms with Crippen LogP contribution in [0.25, 0.3) is 0 Å². The molecule has 0 spiro atoms. The first-order valence-corrected chi connectivity index (χ1v) is 5.26. The zero-order valence-corrected chi connectivity index (χ0v) is 9.39. The number of hydrogen-bond donors (Lipinski definition) is 1. The number of ether oxygens (including phenoxy) is 1. The van der Waals surface area contributed by atoms with Crippen molar-refractivity contribution in [3.63, 3.8) is 0 Å². The largest absolute Gasteiger partial charge is 0.383 e. The van der Waals surface area contributed by atoms with E-state index < -0.39 is 0 Å². The van der Waals surface area contributed by atoms with Gasteiger partial charge < -0.3 is 10.1 Å². The van der Waals surface area contributed by atoms with Crippen molar-refractivity contribution >= 4 is 0 Å². The molecule has 0 amide bonds. The minimum atomic E-state index is 0.499. The Hall–Kier alpha value is -0.0800. The van der Waals surface area contributed by atoms with Gasteiger partial charge >= 0.3 is 0 Å². The monoisotopic (exact) mass is 185 g/mol. The van der Waals surface area contributed by atoms with Crippen molar-refractivity contribution in [3.05, 3.63) is 0 Å². The molecule has 0 bridgehead atoms. The van der Waals surface area contributed by atoms with E-state index in [0.717, 1.165) is 25.1 Å². The van der Waals surface area contributed by atoms with Crippen LogP contribution in [0.2, 0.25) is 0 Å². The van der Waals surface area contributed by atoms with Gasteiger partial charge in [0, 0.05) is 19.7 Å². The third-order valence-electron chi connectivity index (χ3n) is 3.10. The van der Waals surface area contributed by atoms with Gasteiger partial charge in [-0.15, -0.1) is 0 Å². The first kappa shape index (κ1) is 11.0. The third kappa shape index (κ3) is 3.28. The highest BCUT2D eigenvalue weighted by atomic mass is 16.5. The lowest BCUT2D eigenvalue weighted by Crippen LogP contribution is -2.46. The zero-order chi connectivity index (χ0) is 9.90. The second-order valence-electron chi connectivity index (χ2n) is 5.18. The Morgan fingerprint density at radius 1 is 1.31 bits per heavy atom. The normalized spacial score (nSPS) is 28.6. The van der Waals surface area contributed by atoms with Gasteiger partial charge in [0.1, 0.15) is 0 Å². The molecule has 1 fully saturated rings. The predicted octanol–water partition coefficient (Wildman–Crippen LogP) is 2.05. The van der Waals surface area contributed by atoms with Crippen LogP contribution in [0.4, 0.5) is 0 Å². The third-order valence-corrected chi connectivity index (χ3v) is 3.10. The number of rotatable bonds is 4. The van der Waals surface area contributed by atoms with Gasteiger partial charge in [0.05, 0.1) is 6.61 Å². The molecule has 13 heavy (non-hydrogen) atoms. The van der Waals surface area contributed by atoms with Crippen molar-refractivity contribution in [2.24, 2.45) is 11.3 Å². The Morgan fingerprint density at radius 3 is 2.38 bits per heavy atom.